The van der Waals surface area contributed by atoms with Gasteiger partial charge < -0.3 is 15.5 Å². The number of anilines is 1. The van der Waals surface area contributed by atoms with Crippen molar-refractivity contribution < 1.29 is 4.74 Å². The molecule has 0 aliphatic carbocycles. The van der Waals surface area contributed by atoms with E-state index in [9.17, 15) is 4.79 Å². The molecule has 0 bridgehead atoms. The van der Waals surface area contributed by atoms with E-state index in [4.69, 9.17) is 10.5 Å². The van der Waals surface area contributed by atoms with Crippen LogP contribution < -0.4 is 16.2 Å². The molecule has 3 N–H and O–H groups in total. The van der Waals surface area contributed by atoms with Gasteiger partial charge in [-0.15, -0.1) is 0 Å². The molecule has 0 saturated carbocycles. The van der Waals surface area contributed by atoms with Gasteiger partial charge in [-0.1, -0.05) is 18.2 Å². The third-order valence-corrected chi connectivity index (χ3v) is 3.33. The van der Waals surface area contributed by atoms with Crippen LogP contribution in [0.4, 0.5) is 5.69 Å². The molecule has 0 saturated heterocycles. The maximum atomic E-state index is 11.9. The third-order valence-electron chi connectivity index (χ3n) is 3.33. The number of benzene rings is 2. The van der Waals surface area contributed by atoms with Crippen LogP contribution >= 0.6 is 0 Å². The SMILES string of the molecule is Nc1cccc(OCCCn2c(=O)[nH]c3ccccc32)c1. The molecule has 0 unspecified atom stereocenters. The largest absolute Gasteiger partial charge is 0.493 e. The standard InChI is InChI=1S/C16H17N3O2/c17-12-5-3-6-13(11-12)21-10-4-9-19-15-8-2-1-7-14(15)18-16(19)20/h1-3,5-8,11H,4,9-10,17H2,(H,18,20). The lowest BCUT2D eigenvalue weighted by molar-refractivity contribution is 0.302. The molecule has 0 atom stereocenters. The molecule has 1 heterocycles. The zero-order valence-corrected chi connectivity index (χ0v) is 11.6. The summed E-state index contributed by atoms with van der Waals surface area (Å²) in [6.45, 7) is 1.15. The number of nitrogen functional groups attached to an aromatic ring is 1. The fourth-order valence-corrected chi connectivity index (χ4v) is 2.35. The summed E-state index contributed by atoms with van der Waals surface area (Å²) >= 11 is 0. The summed E-state index contributed by atoms with van der Waals surface area (Å²) in [6, 6.07) is 15.0. The molecule has 0 spiro atoms. The van der Waals surface area contributed by atoms with Gasteiger partial charge in [0.1, 0.15) is 5.75 Å². The second-order valence-corrected chi connectivity index (χ2v) is 4.87. The minimum Gasteiger partial charge on any atom is -0.493 e. The van der Waals surface area contributed by atoms with Gasteiger partial charge in [-0.2, -0.15) is 0 Å². The summed E-state index contributed by atoms with van der Waals surface area (Å²) in [5.74, 6) is 0.751. The molecular formula is C16H17N3O2. The molecule has 5 heteroatoms. The quantitative estimate of drug-likeness (QED) is 0.558. The Kier molecular flexibility index (Phi) is 3.64. The highest BCUT2D eigenvalue weighted by atomic mass is 16.5. The zero-order valence-electron chi connectivity index (χ0n) is 11.6. The van der Waals surface area contributed by atoms with E-state index < -0.39 is 0 Å². The average molecular weight is 283 g/mol. The number of hydrogen-bond acceptors (Lipinski definition) is 3. The summed E-state index contributed by atoms with van der Waals surface area (Å²) in [5, 5.41) is 0. The van der Waals surface area contributed by atoms with Crippen molar-refractivity contribution in [3.05, 3.63) is 59.0 Å². The van der Waals surface area contributed by atoms with Crippen LogP contribution in [-0.2, 0) is 6.54 Å². The summed E-state index contributed by atoms with van der Waals surface area (Å²) in [4.78, 5) is 14.7. The van der Waals surface area contributed by atoms with E-state index in [1.807, 2.05) is 42.5 Å². The van der Waals surface area contributed by atoms with Crippen molar-refractivity contribution >= 4 is 16.7 Å². The molecule has 0 amide bonds. The Morgan fingerprint density at radius 2 is 2.00 bits per heavy atom. The first-order valence-electron chi connectivity index (χ1n) is 6.90. The Morgan fingerprint density at radius 1 is 1.14 bits per heavy atom. The molecule has 21 heavy (non-hydrogen) atoms. The first-order chi connectivity index (χ1) is 10.2. The smallest absolute Gasteiger partial charge is 0.326 e. The van der Waals surface area contributed by atoms with Crippen LogP contribution in [0.3, 0.4) is 0 Å². The van der Waals surface area contributed by atoms with Crippen LogP contribution in [0.2, 0.25) is 0 Å². The number of aromatic amines is 1. The third kappa shape index (κ3) is 2.91. The summed E-state index contributed by atoms with van der Waals surface area (Å²) in [6.07, 6.45) is 0.747. The van der Waals surface area contributed by atoms with Gasteiger partial charge in [0.05, 0.1) is 17.6 Å². The second-order valence-electron chi connectivity index (χ2n) is 4.87. The molecule has 0 aliphatic rings. The van der Waals surface area contributed by atoms with E-state index in [2.05, 4.69) is 4.98 Å². The highest BCUT2D eigenvalue weighted by molar-refractivity contribution is 5.74. The average Bonchev–Trinajstić information content (AvgIpc) is 2.79. The molecule has 0 fully saturated rings. The van der Waals surface area contributed by atoms with Crippen LogP contribution in [-0.4, -0.2) is 16.2 Å². The number of aromatic nitrogens is 2. The molecule has 5 nitrogen and oxygen atoms in total. The second kappa shape index (κ2) is 5.75. The van der Waals surface area contributed by atoms with Gasteiger partial charge in [0.25, 0.3) is 0 Å². The number of H-pyrrole nitrogens is 1. The first-order valence-corrected chi connectivity index (χ1v) is 6.90. The minimum absolute atomic E-state index is 0.0832. The predicted molar refractivity (Wildman–Crippen MR) is 83.5 cm³/mol. The number of fused-ring (bicyclic) bond motifs is 1. The maximum Gasteiger partial charge on any atom is 0.326 e. The minimum atomic E-state index is -0.0832. The molecular weight excluding hydrogens is 266 g/mol. The molecule has 108 valence electrons. The molecule has 3 rings (SSSR count). The highest BCUT2D eigenvalue weighted by Crippen LogP contribution is 2.15. The number of aryl methyl sites for hydroxylation is 1. The highest BCUT2D eigenvalue weighted by Gasteiger charge is 2.05. The van der Waals surface area contributed by atoms with Gasteiger partial charge in [0.2, 0.25) is 0 Å². The fraction of sp³-hybridized carbons (Fsp3) is 0.188. The number of nitrogens with one attached hydrogen (secondary N) is 1. The van der Waals surface area contributed by atoms with Gasteiger partial charge in [-0.05, 0) is 30.7 Å². The van der Waals surface area contributed by atoms with Crippen LogP contribution in [0.1, 0.15) is 6.42 Å². The Balaban J connectivity index is 1.62. The van der Waals surface area contributed by atoms with E-state index in [-0.39, 0.29) is 5.69 Å². The van der Waals surface area contributed by atoms with Crippen LogP contribution in [0.25, 0.3) is 11.0 Å². The molecule has 0 radical (unpaired) electrons. The monoisotopic (exact) mass is 283 g/mol. The summed E-state index contributed by atoms with van der Waals surface area (Å²) < 4.78 is 7.37. The van der Waals surface area contributed by atoms with Gasteiger partial charge in [0.15, 0.2) is 0 Å². The Bertz CT molecular complexity index is 804. The van der Waals surface area contributed by atoms with Crippen LogP contribution in [0.15, 0.2) is 53.3 Å². The Morgan fingerprint density at radius 3 is 2.86 bits per heavy atom. The first kappa shape index (κ1) is 13.3. The van der Waals surface area contributed by atoms with E-state index in [1.54, 1.807) is 10.6 Å². The van der Waals surface area contributed by atoms with Crippen molar-refractivity contribution in [2.24, 2.45) is 0 Å². The lowest BCUT2D eigenvalue weighted by atomic mass is 10.3. The van der Waals surface area contributed by atoms with E-state index >= 15 is 0 Å². The number of rotatable bonds is 5. The van der Waals surface area contributed by atoms with Crippen molar-refractivity contribution in [2.45, 2.75) is 13.0 Å². The maximum absolute atomic E-state index is 11.9. The number of nitrogens with zero attached hydrogens (tertiary/aromatic N) is 1. The molecule has 2 aromatic carbocycles. The number of nitrogens with two attached hydrogens (primary N) is 1. The van der Waals surface area contributed by atoms with Crippen LogP contribution in [0.5, 0.6) is 5.75 Å². The van der Waals surface area contributed by atoms with E-state index in [0.29, 0.717) is 18.8 Å². The van der Waals surface area contributed by atoms with Crippen molar-refractivity contribution in [2.75, 3.05) is 12.3 Å². The molecule has 3 aromatic rings. The summed E-state index contributed by atoms with van der Waals surface area (Å²) in [7, 11) is 0. The number of para-hydroxylation sites is 2. The molecule has 0 aliphatic heterocycles. The topological polar surface area (TPSA) is 73.0 Å². The number of hydrogen-bond donors (Lipinski definition) is 2. The van der Waals surface area contributed by atoms with Gasteiger partial charge in [-0.25, -0.2) is 4.79 Å². The fourth-order valence-electron chi connectivity index (χ4n) is 2.35. The van der Waals surface area contributed by atoms with Crippen molar-refractivity contribution in [3.63, 3.8) is 0 Å². The van der Waals surface area contributed by atoms with Gasteiger partial charge in [0, 0.05) is 18.3 Å². The predicted octanol–water partition coefficient (Wildman–Crippen LogP) is 2.38. The van der Waals surface area contributed by atoms with E-state index in [1.165, 1.54) is 0 Å². The number of ether oxygens (including phenoxy) is 1. The Labute approximate surface area is 122 Å². The number of imidazole rings is 1. The lowest BCUT2D eigenvalue weighted by Crippen LogP contribution is -2.18. The van der Waals surface area contributed by atoms with Gasteiger partial charge in [-0.3, -0.25) is 4.57 Å². The Hall–Kier alpha value is -2.69. The zero-order chi connectivity index (χ0) is 14.7. The van der Waals surface area contributed by atoms with Crippen molar-refractivity contribution in [1.29, 1.82) is 0 Å². The van der Waals surface area contributed by atoms with Crippen molar-refractivity contribution in [3.8, 4) is 5.75 Å². The lowest BCUT2D eigenvalue weighted by Gasteiger charge is -2.07. The van der Waals surface area contributed by atoms with E-state index in [0.717, 1.165) is 23.2 Å². The normalized spacial score (nSPS) is 10.9. The van der Waals surface area contributed by atoms with Gasteiger partial charge >= 0.3 is 5.69 Å². The summed E-state index contributed by atoms with van der Waals surface area (Å²) in [5.41, 5.74) is 8.07. The molecule has 1 aromatic heterocycles. The van der Waals surface area contributed by atoms with Crippen molar-refractivity contribution in [1.82, 2.24) is 9.55 Å². The van der Waals surface area contributed by atoms with Crippen LogP contribution in [0, 0.1) is 0 Å².